The van der Waals surface area contributed by atoms with Crippen LogP contribution in [0.15, 0.2) is 197 Å². The zero-order valence-electron chi connectivity index (χ0n) is 54.1. The molecule has 3 aliphatic rings. The lowest BCUT2D eigenvalue weighted by atomic mass is 9.98. The molecular weight excluding hydrogens is 1320 g/mol. The minimum absolute atomic E-state index is 0. The number of pyridine rings is 3. The van der Waals surface area contributed by atoms with Crippen molar-refractivity contribution in [1.82, 2.24) is 29.7 Å². The quantitative estimate of drug-likeness (QED) is 0.0458. The first-order valence-corrected chi connectivity index (χ1v) is 35.4. The maximum absolute atomic E-state index is 12.7. The van der Waals surface area contributed by atoms with E-state index in [4.69, 9.17) is 20.7 Å². The van der Waals surface area contributed by atoms with Gasteiger partial charge in [0.05, 0.1) is 61.5 Å². The Morgan fingerprint density at radius 1 is 0.430 bits per heavy atom. The first-order chi connectivity index (χ1) is 48.2. The predicted octanol–water partition coefficient (Wildman–Crippen LogP) is 15.5. The number of nitriles is 3. The van der Waals surface area contributed by atoms with Gasteiger partial charge in [-0.05, 0) is 129 Å². The first-order valence-electron chi connectivity index (χ1n) is 32.4. The summed E-state index contributed by atoms with van der Waals surface area (Å²) >= 11 is 3.85. The lowest BCUT2D eigenvalue weighted by molar-refractivity contribution is -0.384. The molecule has 3 fully saturated rings. The van der Waals surface area contributed by atoms with E-state index in [2.05, 4.69) is 18.2 Å². The van der Waals surface area contributed by atoms with Crippen LogP contribution in [0.4, 0.5) is 5.69 Å². The Balaban J connectivity index is 0.000000174. The number of carbonyl (C=O) groups excluding carboxylic acids is 4. The molecule has 6 heterocycles. The molecule has 0 unspecified atom stereocenters. The minimum Gasteiger partial charge on any atom is -0.478 e. The van der Waals surface area contributed by atoms with Gasteiger partial charge in [0.15, 0.2) is 0 Å². The summed E-state index contributed by atoms with van der Waals surface area (Å²) in [5, 5.41) is 51.7. The summed E-state index contributed by atoms with van der Waals surface area (Å²) in [6.45, 7) is 4.69. The zero-order valence-corrected chi connectivity index (χ0v) is 56.6. The number of piperidine rings is 3. The van der Waals surface area contributed by atoms with Crippen molar-refractivity contribution in [3.05, 3.63) is 220 Å². The number of likely N-dealkylation sites (tertiary alicyclic amines) is 3. The number of rotatable bonds is 18. The standard InChI is InChI=1S/C26H24N4O2S.C26H23N3O3S.C25H22N4O3S.CH4/c27-16-22-21(18-9-11-20(12-10-18)25(28)32)15-23(19-7-3-1-4-8-19)29-26(22)33-17-24(31)30-13-5-2-6-14-30;27-16-22-21(18-9-11-20(12-10-18)26(31)32)15-23(19-7-3-1-4-8-19)28-25(22)33-17-24(30)29-13-5-2-6-14-29;26-16-22-21(18-9-11-20(12-10-18)29(31)32)15-23(19-7-3-1-4-8-19)27-25(22)33-17-24(30)28-13-5-2-6-14-28;/h1,3-4,7-12,15H,2,5-6,13-14,17H2,(H2,28,32);1,3-4,7-12,15H,2,5-6,13-14,17H2,(H,31,32);1,3-4,7-12,15H,2,5-6,13-14,17H2;1H4. The molecule has 3 aliphatic heterocycles. The number of nitrogens with zero attached hydrogens (tertiary/aromatic N) is 10. The van der Waals surface area contributed by atoms with Crippen LogP contribution in [-0.2, 0) is 14.4 Å². The van der Waals surface area contributed by atoms with E-state index in [9.17, 15) is 55.0 Å². The number of hydrogen-bond donors (Lipinski definition) is 2. The van der Waals surface area contributed by atoms with Gasteiger partial charge < -0.3 is 25.5 Å². The fourth-order valence-electron chi connectivity index (χ4n) is 11.6. The molecule has 4 amide bonds. The number of nitro groups is 1. The number of carbonyl (C=O) groups is 5. The Kier molecular flexibility index (Phi) is 26.4. The molecule has 0 atom stereocenters. The predicted molar refractivity (Wildman–Crippen MR) is 392 cm³/mol. The molecule has 6 aromatic carbocycles. The highest BCUT2D eigenvalue weighted by Gasteiger charge is 2.25. The number of primary amides is 1. The van der Waals surface area contributed by atoms with Crippen molar-refractivity contribution in [3.8, 4) is 85.4 Å². The molecule has 3 N–H and O–H groups in total. The SMILES string of the molecule is C.N#Cc1c(-c2ccc(C(=O)O)cc2)cc(-c2ccccc2)nc1SCC(=O)N1CCCCC1.N#Cc1c(-c2ccc(C(N)=O)cc2)cc(-c2ccccc2)nc1SCC(=O)N1CCCCC1.N#Cc1c(-c2ccc([N+](=O)[O-])cc2)cc(-c2ccccc2)nc1SCC(=O)N1CCCCC1. The van der Waals surface area contributed by atoms with Crippen molar-refractivity contribution < 1.29 is 34.0 Å². The summed E-state index contributed by atoms with van der Waals surface area (Å²) in [5.41, 5.74) is 16.1. The number of hydrogen-bond acceptors (Lipinski definition) is 16. The summed E-state index contributed by atoms with van der Waals surface area (Å²) < 4.78 is 0. The average Bonchev–Trinajstić information content (AvgIpc) is 0.802. The molecule has 100 heavy (non-hydrogen) atoms. The third-order valence-electron chi connectivity index (χ3n) is 16.9. The van der Waals surface area contributed by atoms with Crippen molar-refractivity contribution in [2.45, 2.75) is 80.3 Å². The zero-order chi connectivity index (χ0) is 69.6. The van der Waals surface area contributed by atoms with Gasteiger partial charge in [-0.1, -0.05) is 158 Å². The summed E-state index contributed by atoms with van der Waals surface area (Å²) in [5.74, 6) is -0.668. The molecule has 0 spiro atoms. The van der Waals surface area contributed by atoms with Crippen LogP contribution in [0, 0.1) is 44.1 Å². The Labute approximate surface area is 594 Å². The molecular formula is C78H73N11O8S3. The normalized spacial score (nSPS) is 13.2. The Hall–Kier alpha value is -11.0. The lowest BCUT2D eigenvalue weighted by Gasteiger charge is -2.26. The number of carboxylic acid groups (broad SMARTS) is 1. The number of non-ortho nitro benzene ring substituents is 1. The first kappa shape index (κ1) is 73.3. The molecule has 0 saturated carbocycles. The minimum atomic E-state index is -1.01. The van der Waals surface area contributed by atoms with Crippen molar-refractivity contribution in [2.75, 3.05) is 56.5 Å². The van der Waals surface area contributed by atoms with Crippen LogP contribution in [0.25, 0.3) is 67.2 Å². The van der Waals surface area contributed by atoms with Crippen LogP contribution in [-0.4, -0.2) is 126 Å². The summed E-state index contributed by atoms with van der Waals surface area (Å²) in [7, 11) is 0. The van der Waals surface area contributed by atoms with Crippen molar-refractivity contribution in [1.29, 1.82) is 15.8 Å². The molecule has 3 aromatic heterocycles. The number of amides is 4. The maximum Gasteiger partial charge on any atom is 0.335 e. The van der Waals surface area contributed by atoms with Crippen LogP contribution in [0.5, 0.6) is 0 Å². The number of carboxylic acids is 1. The van der Waals surface area contributed by atoms with Crippen LogP contribution in [0.2, 0.25) is 0 Å². The van der Waals surface area contributed by atoms with E-state index in [0.717, 1.165) is 131 Å². The number of nitro benzene ring substituents is 1. The Morgan fingerprint density at radius 2 is 0.710 bits per heavy atom. The summed E-state index contributed by atoms with van der Waals surface area (Å²) in [6.07, 6.45) is 9.62. The van der Waals surface area contributed by atoms with Crippen LogP contribution in [0.1, 0.15) is 103 Å². The molecule has 506 valence electrons. The largest absolute Gasteiger partial charge is 0.478 e. The van der Waals surface area contributed by atoms with Crippen molar-refractivity contribution in [2.24, 2.45) is 5.73 Å². The summed E-state index contributed by atoms with van der Waals surface area (Å²) in [4.78, 5) is 91.3. The van der Waals surface area contributed by atoms with Crippen LogP contribution in [0.3, 0.4) is 0 Å². The number of thioether (sulfide) groups is 3. The van der Waals surface area contributed by atoms with E-state index in [1.54, 1.807) is 48.5 Å². The van der Waals surface area contributed by atoms with Crippen LogP contribution < -0.4 is 5.73 Å². The number of aromatic carboxylic acids is 1. The number of nitrogens with two attached hydrogens (primary N) is 1. The van der Waals surface area contributed by atoms with Gasteiger partial charge >= 0.3 is 5.97 Å². The maximum atomic E-state index is 12.7. The molecule has 22 heteroatoms. The molecule has 0 radical (unpaired) electrons. The van der Waals surface area contributed by atoms with E-state index >= 15 is 0 Å². The number of benzene rings is 6. The van der Waals surface area contributed by atoms with Gasteiger partial charge in [0.1, 0.15) is 33.3 Å². The van der Waals surface area contributed by atoms with E-state index in [-0.39, 0.29) is 53.7 Å². The number of aromatic nitrogens is 3. The third-order valence-corrected chi connectivity index (χ3v) is 19.8. The second-order valence-electron chi connectivity index (χ2n) is 23.5. The van der Waals surface area contributed by atoms with E-state index in [1.807, 2.05) is 124 Å². The fraction of sp³-hybridized carbons (Fsp3) is 0.244. The van der Waals surface area contributed by atoms with Crippen molar-refractivity contribution in [3.63, 3.8) is 0 Å². The van der Waals surface area contributed by atoms with Gasteiger partial charge in [0.2, 0.25) is 23.6 Å². The summed E-state index contributed by atoms with van der Waals surface area (Å²) in [6, 6.07) is 60.7. The molecule has 0 aliphatic carbocycles. The van der Waals surface area contributed by atoms with Crippen LogP contribution >= 0.6 is 35.3 Å². The Morgan fingerprint density at radius 3 is 0.970 bits per heavy atom. The Bertz CT molecular complexity index is 4050. The van der Waals surface area contributed by atoms with Crippen molar-refractivity contribution >= 4 is 70.6 Å². The third kappa shape index (κ3) is 19.0. The monoisotopic (exact) mass is 1390 g/mol. The van der Waals surface area contributed by atoms with E-state index in [1.165, 1.54) is 59.6 Å². The van der Waals surface area contributed by atoms with Gasteiger partial charge in [-0.25, -0.2) is 19.7 Å². The molecule has 3 saturated heterocycles. The van der Waals surface area contributed by atoms with Gasteiger partial charge in [-0.15, -0.1) is 0 Å². The molecule has 0 bridgehead atoms. The topological polar surface area (TPSA) is 294 Å². The average molecular weight is 1390 g/mol. The van der Waals surface area contributed by atoms with Gasteiger partial charge in [0.25, 0.3) is 5.69 Å². The van der Waals surface area contributed by atoms with E-state index < -0.39 is 16.8 Å². The van der Waals surface area contributed by atoms with Gasteiger partial charge in [-0.2, -0.15) is 15.8 Å². The second-order valence-corrected chi connectivity index (χ2v) is 26.3. The lowest BCUT2D eigenvalue weighted by Crippen LogP contribution is -2.36. The second kappa shape index (κ2) is 36.0. The molecule has 9 aromatic rings. The van der Waals surface area contributed by atoms with E-state index in [0.29, 0.717) is 71.0 Å². The highest BCUT2D eigenvalue weighted by molar-refractivity contribution is 8.00. The molecule has 12 rings (SSSR count). The highest BCUT2D eigenvalue weighted by Crippen LogP contribution is 2.39. The van der Waals surface area contributed by atoms with Gasteiger partial charge in [0, 0.05) is 90.3 Å². The molecule has 19 nitrogen and oxygen atoms in total. The van der Waals surface area contributed by atoms with Gasteiger partial charge in [-0.3, -0.25) is 29.3 Å². The fourth-order valence-corrected chi connectivity index (χ4v) is 14.3. The highest BCUT2D eigenvalue weighted by atomic mass is 32.2. The smallest absolute Gasteiger partial charge is 0.335 e.